The molecule has 1 heterocycles. The van der Waals surface area contributed by atoms with E-state index in [4.69, 9.17) is 0 Å². The Morgan fingerprint density at radius 1 is 1.17 bits per heavy atom. The quantitative estimate of drug-likeness (QED) is 0.742. The van der Waals surface area contributed by atoms with Gasteiger partial charge in [-0.1, -0.05) is 30.3 Å². The summed E-state index contributed by atoms with van der Waals surface area (Å²) in [6, 6.07) is 10.2. The third kappa shape index (κ3) is 1.42. The van der Waals surface area contributed by atoms with E-state index in [0.29, 0.717) is 0 Å². The number of benzene rings is 1. The van der Waals surface area contributed by atoms with Gasteiger partial charge in [-0.05, 0) is 21.5 Å². The standard InChI is InChI=1S/C9H6BrNS/c10-9-8(12-6-11-9)7-4-2-1-3-5-7/h1-6H. The van der Waals surface area contributed by atoms with Crippen LogP contribution < -0.4 is 0 Å². The molecule has 2 rings (SSSR count). The lowest BCUT2D eigenvalue weighted by molar-refractivity contribution is 1.37. The van der Waals surface area contributed by atoms with Crippen molar-refractivity contribution < 1.29 is 0 Å². The number of halogens is 1. The van der Waals surface area contributed by atoms with Crippen LogP contribution in [0.2, 0.25) is 0 Å². The van der Waals surface area contributed by atoms with Crippen molar-refractivity contribution in [2.45, 2.75) is 0 Å². The zero-order valence-corrected chi connectivity index (χ0v) is 8.60. The Morgan fingerprint density at radius 2 is 1.92 bits per heavy atom. The molecule has 1 aromatic heterocycles. The Kier molecular flexibility index (Phi) is 2.23. The molecule has 0 bridgehead atoms. The summed E-state index contributed by atoms with van der Waals surface area (Å²) >= 11 is 5.05. The lowest BCUT2D eigenvalue weighted by Gasteiger charge is -1.95. The molecule has 0 aliphatic carbocycles. The molecule has 0 aliphatic heterocycles. The van der Waals surface area contributed by atoms with Crippen molar-refractivity contribution >= 4 is 27.3 Å². The molecular weight excluding hydrogens is 234 g/mol. The Hall–Kier alpha value is -0.670. The molecule has 60 valence electrons. The van der Waals surface area contributed by atoms with E-state index < -0.39 is 0 Å². The molecule has 0 amide bonds. The first-order valence-electron chi connectivity index (χ1n) is 3.52. The van der Waals surface area contributed by atoms with Crippen LogP contribution in [0, 0.1) is 0 Å². The smallest absolute Gasteiger partial charge is 0.124 e. The first-order valence-corrected chi connectivity index (χ1v) is 5.19. The van der Waals surface area contributed by atoms with Gasteiger partial charge in [0.15, 0.2) is 0 Å². The summed E-state index contributed by atoms with van der Waals surface area (Å²) in [5, 5.41) is 0. The maximum atomic E-state index is 4.13. The van der Waals surface area contributed by atoms with Crippen LogP contribution in [-0.4, -0.2) is 4.98 Å². The van der Waals surface area contributed by atoms with Gasteiger partial charge in [0.25, 0.3) is 0 Å². The fourth-order valence-corrected chi connectivity index (χ4v) is 2.44. The fraction of sp³-hybridized carbons (Fsp3) is 0. The van der Waals surface area contributed by atoms with Crippen molar-refractivity contribution in [3.63, 3.8) is 0 Å². The van der Waals surface area contributed by atoms with Crippen LogP contribution in [-0.2, 0) is 0 Å². The number of hydrogen-bond donors (Lipinski definition) is 0. The van der Waals surface area contributed by atoms with Crippen LogP contribution in [0.4, 0.5) is 0 Å². The van der Waals surface area contributed by atoms with E-state index >= 15 is 0 Å². The second-order valence-electron chi connectivity index (χ2n) is 2.34. The van der Waals surface area contributed by atoms with Gasteiger partial charge >= 0.3 is 0 Å². The van der Waals surface area contributed by atoms with Gasteiger partial charge in [0, 0.05) is 0 Å². The molecule has 0 spiro atoms. The largest absolute Gasteiger partial charge is 0.237 e. The van der Waals surface area contributed by atoms with Crippen LogP contribution in [0.15, 0.2) is 40.4 Å². The molecule has 0 unspecified atom stereocenters. The van der Waals surface area contributed by atoms with Gasteiger partial charge in [0.2, 0.25) is 0 Å². The SMILES string of the molecule is Brc1ncsc1-c1ccccc1. The molecular formula is C9H6BrNS. The molecule has 0 fully saturated rings. The maximum Gasteiger partial charge on any atom is 0.124 e. The van der Waals surface area contributed by atoms with Crippen LogP contribution in [0.1, 0.15) is 0 Å². The van der Waals surface area contributed by atoms with E-state index in [0.717, 1.165) is 4.60 Å². The molecule has 0 atom stereocenters. The molecule has 0 saturated carbocycles. The van der Waals surface area contributed by atoms with E-state index in [1.165, 1.54) is 10.4 Å². The Labute approximate surface area is 83.2 Å². The lowest BCUT2D eigenvalue weighted by Crippen LogP contribution is -1.71. The minimum Gasteiger partial charge on any atom is -0.237 e. The molecule has 0 aliphatic rings. The van der Waals surface area contributed by atoms with Gasteiger partial charge in [-0.3, -0.25) is 0 Å². The minimum atomic E-state index is 0.929. The fourth-order valence-electron chi connectivity index (χ4n) is 1.01. The third-order valence-electron chi connectivity index (χ3n) is 1.56. The number of rotatable bonds is 1. The van der Waals surface area contributed by atoms with Gasteiger partial charge in [0.05, 0.1) is 10.4 Å². The van der Waals surface area contributed by atoms with Crippen molar-refractivity contribution in [3.05, 3.63) is 40.4 Å². The summed E-state index contributed by atoms with van der Waals surface area (Å²) in [5.41, 5.74) is 3.05. The maximum absolute atomic E-state index is 4.13. The van der Waals surface area contributed by atoms with E-state index in [-0.39, 0.29) is 0 Å². The van der Waals surface area contributed by atoms with Gasteiger partial charge in [-0.2, -0.15) is 0 Å². The van der Waals surface area contributed by atoms with Gasteiger partial charge < -0.3 is 0 Å². The molecule has 0 saturated heterocycles. The molecule has 0 radical (unpaired) electrons. The highest BCUT2D eigenvalue weighted by molar-refractivity contribution is 9.10. The summed E-state index contributed by atoms with van der Waals surface area (Å²) in [4.78, 5) is 5.32. The summed E-state index contributed by atoms with van der Waals surface area (Å²) in [6.07, 6.45) is 0. The van der Waals surface area contributed by atoms with Crippen molar-refractivity contribution in [1.29, 1.82) is 0 Å². The van der Waals surface area contributed by atoms with Crippen LogP contribution in [0.3, 0.4) is 0 Å². The highest BCUT2D eigenvalue weighted by atomic mass is 79.9. The van der Waals surface area contributed by atoms with E-state index in [1.54, 1.807) is 11.3 Å². The molecule has 0 N–H and O–H groups in total. The average Bonchev–Trinajstić information content (AvgIpc) is 2.53. The summed E-state index contributed by atoms with van der Waals surface area (Å²) < 4.78 is 0.929. The Bertz CT molecular complexity index is 369. The molecule has 2 aromatic rings. The minimum absolute atomic E-state index is 0.929. The normalized spacial score (nSPS) is 10.1. The highest BCUT2D eigenvalue weighted by Crippen LogP contribution is 2.30. The summed E-state index contributed by atoms with van der Waals surface area (Å²) in [7, 11) is 0. The van der Waals surface area contributed by atoms with Gasteiger partial charge in [-0.25, -0.2) is 4.98 Å². The summed E-state index contributed by atoms with van der Waals surface area (Å²) in [6.45, 7) is 0. The van der Waals surface area contributed by atoms with Crippen molar-refractivity contribution in [2.24, 2.45) is 0 Å². The van der Waals surface area contributed by atoms with Crippen LogP contribution >= 0.6 is 27.3 Å². The van der Waals surface area contributed by atoms with Gasteiger partial charge in [-0.15, -0.1) is 11.3 Å². The van der Waals surface area contributed by atoms with Crippen LogP contribution in [0.5, 0.6) is 0 Å². The molecule has 3 heteroatoms. The monoisotopic (exact) mass is 239 g/mol. The zero-order chi connectivity index (χ0) is 8.39. The Balaban J connectivity index is 2.51. The molecule has 1 nitrogen and oxygen atoms in total. The van der Waals surface area contributed by atoms with Crippen molar-refractivity contribution in [1.82, 2.24) is 4.98 Å². The second-order valence-corrected chi connectivity index (χ2v) is 3.94. The third-order valence-corrected chi connectivity index (χ3v) is 3.30. The van der Waals surface area contributed by atoms with E-state index in [2.05, 4.69) is 33.0 Å². The first kappa shape index (κ1) is 7.95. The second kappa shape index (κ2) is 3.37. The van der Waals surface area contributed by atoms with Crippen LogP contribution in [0.25, 0.3) is 10.4 Å². The van der Waals surface area contributed by atoms with Crippen molar-refractivity contribution in [3.8, 4) is 10.4 Å². The average molecular weight is 240 g/mol. The van der Waals surface area contributed by atoms with E-state index in [1.807, 2.05) is 23.7 Å². The number of aromatic nitrogens is 1. The number of nitrogens with zero attached hydrogens (tertiary/aromatic N) is 1. The summed E-state index contributed by atoms with van der Waals surface area (Å²) in [5.74, 6) is 0. The van der Waals surface area contributed by atoms with Gasteiger partial charge in [0.1, 0.15) is 4.60 Å². The zero-order valence-electron chi connectivity index (χ0n) is 6.20. The lowest BCUT2D eigenvalue weighted by atomic mass is 10.2. The highest BCUT2D eigenvalue weighted by Gasteiger charge is 2.03. The Morgan fingerprint density at radius 3 is 2.50 bits per heavy atom. The predicted octanol–water partition coefficient (Wildman–Crippen LogP) is 3.57. The topological polar surface area (TPSA) is 12.9 Å². The number of thiazole rings is 1. The van der Waals surface area contributed by atoms with Crippen molar-refractivity contribution in [2.75, 3.05) is 0 Å². The predicted molar refractivity (Wildman–Crippen MR) is 55.3 cm³/mol. The van der Waals surface area contributed by atoms with E-state index in [9.17, 15) is 0 Å². The first-order chi connectivity index (χ1) is 5.88. The number of hydrogen-bond acceptors (Lipinski definition) is 2. The molecule has 1 aromatic carbocycles. The molecule has 12 heavy (non-hydrogen) atoms.